The highest BCUT2D eigenvalue weighted by molar-refractivity contribution is 5.75. The summed E-state index contributed by atoms with van der Waals surface area (Å²) in [5.41, 5.74) is 2.14. The zero-order valence-electron chi connectivity index (χ0n) is 11.5. The van der Waals surface area contributed by atoms with E-state index in [2.05, 4.69) is 4.98 Å². The molecule has 3 aromatic rings. The Hall–Kier alpha value is -3.19. The molecular formula is C18H11FN2O. The molecular weight excluding hydrogens is 279 g/mol. The van der Waals surface area contributed by atoms with Gasteiger partial charge in [0.25, 0.3) is 5.56 Å². The van der Waals surface area contributed by atoms with Gasteiger partial charge in [-0.2, -0.15) is 5.26 Å². The van der Waals surface area contributed by atoms with Crippen LogP contribution in [0.2, 0.25) is 0 Å². The van der Waals surface area contributed by atoms with Gasteiger partial charge in [-0.15, -0.1) is 0 Å². The lowest BCUT2D eigenvalue weighted by molar-refractivity contribution is 0.628. The normalized spacial score (nSPS) is 10.2. The fraction of sp³-hybridized carbons (Fsp3) is 0. The number of nitrogens with zero attached hydrogens (tertiary/aromatic N) is 1. The maximum Gasteiger partial charge on any atom is 0.266 e. The first-order chi connectivity index (χ1) is 10.7. The second kappa shape index (κ2) is 5.66. The van der Waals surface area contributed by atoms with E-state index in [9.17, 15) is 14.4 Å². The number of nitriles is 1. The zero-order chi connectivity index (χ0) is 15.5. The molecule has 2 aromatic carbocycles. The van der Waals surface area contributed by atoms with Crippen molar-refractivity contribution in [1.29, 1.82) is 5.26 Å². The summed E-state index contributed by atoms with van der Waals surface area (Å²) in [6.07, 6.45) is 0. The van der Waals surface area contributed by atoms with Gasteiger partial charge < -0.3 is 4.98 Å². The number of hydrogen-bond acceptors (Lipinski definition) is 2. The third kappa shape index (κ3) is 2.52. The molecule has 0 spiro atoms. The summed E-state index contributed by atoms with van der Waals surface area (Å²) in [6.45, 7) is 0. The highest BCUT2D eigenvalue weighted by atomic mass is 19.1. The quantitative estimate of drug-likeness (QED) is 0.782. The Morgan fingerprint density at radius 1 is 0.955 bits per heavy atom. The Labute approximate surface area is 126 Å². The van der Waals surface area contributed by atoms with E-state index in [1.165, 1.54) is 12.1 Å². The molecule has 0 aliphatic heterocycles. The van der Waals surface area contributed by atoms with Crippen LogP contribution in [-0.2, 0) is 0 Å². The van der Waals surface area contributed by atoms with Crippen LogP contribution in [0.4, 0.5) is 4.39 Å². The van der Waals surface area contributed by atoms with Crippen molar-refractivity contribution in [1.82, 2.24) is 4.98 Å². The fourth-order valence-corrected chi connectivity index (χ4v) is 2.30. The molecule has 0 radical (unpaired) electrons. The van der Waals surface area contributed by atoms with E-state index >= 15 is 0 Å². The first-order valence-corrected chi connectivity index (χ1v) is 6.68. The summed E-state index contributed by atoms with van der Waals surface area (Å²) in [5, 5.41) is 9.23. The summed E-state index contributed by atoms with van der Waals surface area (Å²) in [7, 11) is 0. The molecule has 22 heavy (non-hydrogen) atoms. The molecule has 4 heteroatoms. The van der Waals surface area contributed by atoms with Crippen LogP contribution in [0.1, 0.15) is 5.56 Å². The van der Waals surface area contributed by atoms with Crippen LogP contribution < -0.4 is 5.56 Å². The third-order valence-corrected chi connectivity index (χ3v) is 3.39. The van der Waals surface area contributed by atoms with Gasteiger partial charge in [0.2, 0.25) is 0 Å². The van der Waals surface area contributed by atoms with Gasteiger partial charge in [-0.05, 0) is 29.3 Å². The Bertz CT molecular complexity index is 907. The smallest absolute Gasteiger partial charge is 0.266 e. The summed E-state index contributed by atoms with van der Waals surface area (Å²) < 4.78 is 13.1. The van der Waals surface area contributed by atoms with Crippen molar-refractivity contribution in [2.24, 2.45) is 0 Å². The van der Waals surface area contributed by atoms with Crippen molar-refractivity contribution < 1.29 is 4.39 Å². The minimum atomic E-state index is -0.455. The molecule has 0 unspecified atom stereocenters. The second-order valence-electron chi connectivity index (χ2n) is 4.79. The minimum Gasteiger partial charge on any atom is -0.321 e. The molecule has 0 aliphatic carbocycles. The number of pyridine rings is 1. The number of hydrogen-bond donors (Lipinski definition) is 1. The molecule has 1 heterocycles. The number of aromatic nitrogens is 1. The average molecular weight is 290 g/mol. The molecule has 3 nitrogen and oxygen atoms in total. The topological polar surface area (TPSA) is 56.6 Å². The first kappa shape index (κ1) is 13.8. The monoisotopic (exact) mass is 290 g/mol. The Morgan fingerprint density at radius 3 is 2.27 bits per heavy atom. The molecule has 1 N–H and O–H groups in total. The molecule has 0 bridgehead atoms. The van der Waals surface area contributed by atoms with Crippen molar-refractivity contribution >= 4 is 0 Å². The molecule has 3 rings (SSSR count). The fourth-order valence-electron chi connectivity index (χ4n) is 2.30. The lowest BCUT2D eigenvalue weighted by Crippen LogP contribution is -2.12. The first-order valence-electron chi connectivity index (χ1n) is 6.68. The van der Waals surface area contributed by atoms with Crippen LogP contribution in [-0.4, -0.2) is 4.98 Å². The molecule has 0 saturated heterocycles. The Balaban J connectivity index is 2.24. The lowest BCUT2D eigenvalue weighted by Gasteiger charge is -2.08. The van der Waals surface area contributed by atoms with Crippen LogP contribution in [0.15, 0.2) is 65.5 Å². The minimum absolute atomic E-state index is 0.0197. The third-order valence-electron chi connectivity index (χ3n) is 3.39. The molecule has 0 saturated carbocycles. The van der Waals surface area contributed by atoms with Gasteiger partial charge >= 0.3 is 0 Å². The van der Waals surface area contributed by atoms with Crippen molar-refractivity contribution in [2.75, 3.05) is 0 Å². The molecule has 1 aromatic heterocycles. The van der Waals surface area contributed by atoms with E-state index < -0.39 is 5.56 Å². The van der Waals surface area contributed by atoms with E-state index in [4.69, 9.17) is 0 Å². The van der Waals surface area contributed by atoms with Gasteiger partial charge in [-0.1, -0.05) is 42.5 Å². The predicted molar refractivity (Wildman–Crippen MR) is 82.6 cm³/mol. The number of halogens is 1. The lowest BCUT2D eigenvalue weighted by atomic mass is 9.99. The van der Waals surface area contributed by atoms with Crippen LogP contribution in [0, 0.1) is 17.1 Å². The summed E-state index contributed by atoms with van der Waals surface area (Å²) in [5.74, 6) is -0.365. The number of nitrogens with one attached hydrogen (secondary N) is 1. The highest BCUT2D eigenvalue weighted by Crippen LogP contribution is 2.26. The number of H-pyrrole nitrogens is 1. The molecule has 0 atom stereocenters. The van der Waals surface area contributed by atoms with Crippen molar-refractivity contribution in [3.63, 3.8) is 0 Å². The van der Waals surface area contributed by atoms with Crippen LogP contribution in [0.5, 0.6) is 0 Å². The average Bonchev–Trinajstić information content (AvgIpc) is 2.55. The van der Waals surface area contributed by atoms with E-state index in [-0.39, 0.29) is 11.4 Å². The number of aromatic amines is 1. The zero-order valence-corrected chi connectivity index (χ0v) is 11.5. The van der Waals surface area contributed by atoms with E-state index in [0.717, 1.165) is 5.56 Å². The molecule has 0 fully saturated rings. The van der Waals surface area contributed by atoms with Crippen LogP contribution in [0.25, 0.3) is 22.4 Å². The second-order valence-corrected chi connectivity index (χ2v) is 4.79. The van der Waals surface area contributed by atoms with Crippen molar-refractivity contribution in [2.45, 2.75) is 0 Å². The molecule has 0 aliphatic rings. The maximum absolute atomic E-state index is 13.1. The van der Waals surface area contributed by atoms with Gasteiger partial charge in [0, 0.05) is 11.3 Å². The maximum atomic E-state index is 13.1. The number of rotatable bonds is 2. The Kier molecular flexibility index (Phi) is 3.55. The van der Waals surface area contributed by atoms with Gasteiger partial charge in [-0.3, -0.25) is 4.79 Å². The van der Waals surface area contributed by atoms with Gasteiger partial charge in [-0.25, -0.2) is 4.39 Å². The van der Waals surface area contributed by atoms with Gasteiger partial charge in [0.05, 0.1) is 0 Å². The SMILES string of the molecule is N#Cc1c(-c2ccc(F)cc2)cc(-c2ccccc2)[nH]c1=O. The van der Waals surface area contributed by atoms with Crippen molar-refractivity contribution in [3.8, 4) is 28.5 Å². The highest BCUT2D eigenvalue weighted by Gasteiger charge is 2.12. The standard InChI is InChI=1S/C18H11FN2O/c19-14-8-6-12(7-9-14)15-10-17(13-4-2-1-3-5-13)21-18(22)16(15)11-20/h1-10H,(H,21,22). The predicted octanol–water partition coefficient (Wildman–Crippen LogP) is 3.72. The van der Waals surface area contributed by atoms with Gasteiger partial charge in [0.15, 0.2) is 0 Å². The largest absolute Gasteiger partial charge is 0.321 e. The van der Waals surface area contributed by atoms with Crippen LogP contribution in [0.3, 0.4) is 0 Å². The van der Waals surface area contributed by atoms with E-state index in [1.54, 1.807) is 18.2 Å². The Morgan fingerprint density at radius 2 is 1.64 bits per heavy atom. The molecule has 106 valence electrons. The van der Waals surface area contributed by atoms with Crippen LogP contribution >= 0.6 is 0 Å². The summed E-state index contributed by atoms with van der Waals surface area (Å²) >= 11 is 0. The summed E-state index contributed by atoms with van der Waals surface area (Å²) in [6, 6.07) is 18.7. The van der Waals surface area contributed by atoms with Gasteiger partial charge in [0.1, 0.15) is 17.4 Å². The van der Waals surface area contributed by atoms with E-state index in [0.29, 0.717) is 16.8 Å². The summed E-state index contributed by atoms with van der Waals surface area (Å²) in [4.78, 5) is 14.9. The van der Waals surface area contributed by atoms with Crippen molar-refractivity contribution in [3.05, 3.63) is 82.4 Å². The van der Waals surface area contributed by atoms with E-state index in [1.807, 2.05) is 36.4 Å². The molecule has 0 amide bonds. The number of benzene rings is 2.